The Labute approximate surface area is 122 Å². The van der Waals surface area contributed by atoms with Gasteiger partial charge in [-0.25, -0.2) is 8.78 Å². The zero-order valence-corrected chi connectivity index (χ0v) is 11.9. The highest BCUT2D eigenvalue weighted by atomic mass is 19.1. The van der Waals surface area contributed by atoms with E-state index in [1.807, 2.05) is 12.1 Å². The molecule has 0 saturated carbocycles. The summed E-state index contributed by atoms with van der Waals surface area (Å²) in [5.41, 5.74) is 5.57. The Hall–Kier alpha value is -1.78. The Balaban J connectivity index is 1.96. The fraction of sp³-hybridized carbons (Fsp3) is 0.294. The standard InChI is InChI=1S/C17H18F2N2/c1-10-6-7-14(18)15(16(10)19)17(21-20)13-8-11-4-2-3-5-12(11)9-13/h2-7,13,17,21H,8-9,20H2,1H3. The highest BCUT2D eigenvalue weighted by molar-refractivity contribution is 5.36. The van der Waals surface area contributed by atoms with Crippen molar-refractivity contribution in [2.24, 2.45) is 11.8 Å². The van der Waals surface area contributed by atoms with Crippen LogP contribution in [-0.2, 0) is 12.8 Å². The lowest BCUT2D eigenvalue weighted by Crippen LogP contribution is -2.35. The van der Waals surface area contributed by atoms with Crippen molar-refractivity contribution in [2.45, 2.75) is 25.8 Å². The summed E-state index contributed by atoms with van der Waals surface area (Å²) >= 11 is 0. The van der Waals surface area contributed by atoms with Gasteiger partial charge in [0.2, 0.25) is 0 Å². The highest BCUT2D eigenvalue weighted by Crippen LogP contribution is 2.37. The Morgan fingerprint density at radius 2 is 1.71 bits per heavy atom. The van der Waals surface area contributed by atoms with Crippen LogP contribution in [0.1, 0.15) is 28.3 Å². The molecule has 0 heterocycles. The van der Waals surface area contributed by atoms with Gasteiger partial charge in [-0.2, -0.15) is 0 Å². The number of hydrogen-bond acceptors (Lipinski definition) is 2. The lowest BCUT2D eigenvalue weighted by atomic mass is 9.89. The lowest BCUT2D eigenvalue weighted by molar-refractivity contribution is 0.353. The first kappa shape index (κ1) is 14.2. The van der Waals surface area contributed by atoms with Crippen LogP contribution < -0.4 is 11.3 Å². The third-order valence-electron chi connectivity index (χ3n) is 4.36. The molecule has 2 aromatic carbocycles. The second-order valence-corrected chi connectivity index (χ2v) is 5.67. The monoisotopic (exact) mass is 288 g/mol. The Morgan fingerprint density at radius 3 is 2.29 bits per heavy atom. The summed E-state index contributed by atoms with van der Waals surface area (Å²) in [6.07, 6.45) is 1.55. The molecule has 2 aromatic rings. The zero-order valence-electron chi connectivity index (χ0n) is 11.9. The van der Waals surface area contributed by atoms with Crippen LogP contribution in [0.15, 0.2) is 36.4 Å². The van der Waals surface area contributed by atoms with Crippen molar-refractivity contribution in [1.29, 1.82) is 0 Å². The summed E-state index contributed by atoms with van der Waals surface area (Å²) in [4.78, 5) is 0. The predicted octanol–water partition coefficient (Wildman–Crippen LogP) is 3.19. The first-order valence-corrected chi connectivity index (χ1v) is 7.09. The van der Waals surface area contributed by atoms with Gasteiger partial charge in [-0.1, -0.05) is 30.3 Å². The molecule has 0 aliphatic heterocycles. The van der Waals surface area contributed by atoms with Gasteiger partial charge in [0.05, 0.1) is 6.04 Å². The summed E-state index contributed by atoms with van der Waals surface area (Å²) in [6.45, 7) is 1.63. The largest absolute Gasteiger partial charge is 0.271 e. The van der Waals surface area contributed by atoms with Crippen molar-refractivity contribution in [1.82, 2.24) is 5.43 Å². The van der Waals surface area contributed by atoms with Crippen LogP contribution in [0.3, 0.4) is 0 Å². The van der Waals surface area contributed by atoms with Gasteiger partial charge >= 0.3 is 0 Å². The summed E-state index contributed by atoms with van der Waals surface area (Å²) in [5.74, 6) is 4.63. The quantitative estimate of drug-likeness (QED) is 0.672. The molecule has 21 heavy (non-hydrogen) atoms. The van der Waals surface area contributed by atoms with Crippen LogP contribution in [0.25, 0.3) is 0 Å². The number of aryl methyl sites for hydroxylation is 1. The molecular formula is C17H18F2N2. The SMILES string of the molecule is Cc1ccc(F)c(C(NN)C2Cc3ccccc3C2)c1F. The summed E-state index contributed by atoms with van der Waals surface area (Å²) in [7, 11) is 0. The van der Waals surface area contributed by atoms with Gasteiger partial charge in [0.1, 0.15) is 11.6 Å². The Bertz CT molecular complexity index is 645. The molecule has 1 aliphatic carbocycles. The Kier molecular flexibility index (Phi) is 3.74. The first-order chi connectivity index (χ1) is 10.1. The van der Waals surface area contributed by atoms with Gasteiger partial charge in [-0.05, 0) is 48.4 Å². The molecule has 1 aliphatic rings. The molecule has 0 spiro atoms. The molecule has 2 nitrogen and oxygen atoms in total. The van der Waals surface area contributed by atoms with E-state index in [9.17, 15) is 8.78 Å². The van der Waals surface area contributed by atoms with E-state index in [0.717, 1.165) is 12.8 Å². The van der Waals surface area contributed by atoms with Crippen LogP contribution >= 0.6 is 0 Å². The van der Waals surface area contributed by atoms with Gasteiger partial charge in [-0.15, -0.1) is 0 Å². The van der Waals surface area contributed by atoms with E-state index >= 15 is 0 Å². The van der Waals surface area contributed by atoms with E-state index in [0.29, 0.717) is 5.56 Å². The van der Waals surface area contributed by atoms with Gasteiger partial charge < -0.3 is 0 Å². The van der Waals surface area contributed by atoms with E-state index in [-0.39, 0.29) is 11.5 Å². The molecule has 0 bridgehead atoms. The van der Waals surface area contributed by atoms with Crippen molar-refractivity contribution < 1.29 is 8.78 Å². The van der Waals surface area contributed by atoms with Crippen LogP contribution in [0.4, 0.5) is 8.78 Å². The second-order valence-electron chi connectivity index (χ2n) is 5.67. The van der Waals surface area contributed by atoms with Crippen molar-refractivity contribution in [2.75, 3.05) is 0 Å². The number of benzene rings is 2. The third-order valence-corrected chi connectivity index (χ3v) is 4.36. The zero-order chi connectivity index (χ0) is 15.0. The van der Waals surface area contributed by atoms with E-state index in [4.69, 9.17) is 5.84 Å². The summed E-state index contributed by atoms with van der Waals surface area (Å²) in [5, 5.41) is 0. The maximum absolute atomic E-state index is 14.3. The number of nitrogens with two attached hydrogens (primary N) is 1. The molecule has 4 heteroatoms. The molecule has 3 rings (SSSR count). The van der Waals surface area contributed by atoms with Crippen molar-refractivity contribution in [3.63, 3.8) is 0 Å². The van der Waals surface area contributed by atoms with Crippen LogP contribution in [0.5, 0.6) is 0 Å². The van der Waals surface area contributed by atoms with E-state index in [2.05, 4.69) is 17.6 Å². The molecule has 1 atom stereocenters. The van der Waals surface area contributed by atoms with Crippen molar-refractivity contribution in [3.05, 3.63) is 70.3 Å². The van der Waals surface area contributed by atoms with E-state index in [1.54, 1.807) is 6.92 Å². The predicted molar refractivity (Wildman–Crippen MR) is 78.5 cm³/mol. The number of nitrogens with one attached hydrogen (secondary N) is 1. The number of fused-ring (bicyclic) bond motifs is 1. The van der Waals surface area contributed by atoms with E-state index < -0.39 is 17.7 Å². The minimum absolute atomic E-state index is 0.0512. The molecular weight excluding hydrogens is 270 g/mol. The van der Waals surface area contributed by atoms with Gasteiger partial charge in [0.15, 0.2) is 0 Å². The number of halogens is 2. The van der Waals surface area contributed by atoms with Gasteiger partial charge in [-0.3, -0.25) is 11.3 Å². The molecule has 0 fully saturated rings. The molecule has 0 aromatic heterocycles. The molecule has 3 N–H and O–H groups in total. The second kappa shape index (κ2) is 5.54. The van der Waals surface area contributed by atoms with Crippen LogP contribution in [-0.4, -0.2) is 0 Å². The number of rotatable bonds is 3. The Morgan fingerprint density at radius 1 is 1.10 bits per heavy atom. The topological polar surface area (TPSA) is 38.0 Å². The van der Waals surface area contributed by atoms with Crippen molar-refractivity contribution >= 4 is 0 Å². The van der Waals surface area contributed by atoms with E-state index in [1.165, 1.54) is 23.3 Å². The van der Waals surface area contributed by atoms with Crippen LogP contribution in [0.2, 0.25) is 0 Å². The van der Waals surface area contributed by atoms with Gasteiger partial charge in [0.25, 0.3) is 0 Å². The average molecular weight is 288 g/mol. The van der Waals surface area contributed by atoms with Crippen LogP contribution in [0, 0.1) is 24.5 Å². The third kappa shape index (κ3) is 2.45. The molecule has 0 radical (unpaired) electrons. The lowest BCUT2D eigenvalue weighted by Gasteiger charge is -2.24. The minimum atomic E-state index is -0.544. The van der Waals surface area contributed by atoms with Crippen molar-refractivity contribution in [3.8, 4) is 0 Å². The summed E-state index contributed by atoms with van der Waals surface area (Å²) in [6, 6.07) is 10.3. The smallest absolute Gasteiger partial charge is 0.133 e. The molecule has 1 unspecified atom stereocenters. The number of hydrazine groups is 1. The molecule has 0 amide bonds. The fourth-order valence-corrected chi connectivity index (χ4v) is 3.25. The molecule has 0 saturated heterocycles. The fourth-order valence-electron chi connectivity index (χ4n) is 3.25. The summed E-state index contributed by atoms with van der Waals surface area (Å²) < 4.78 is 28.5. The first-order valence-electron chi connectivity index (χ1n) is 7.09. The highest BCUT2D eigenvalue weighted by Gasteiger charge is 2.32. The maximum Gasteiger partial charge on any atom is 0.133 e. The average Bonchev–Trinajstić information content (AvgIpc) is 2.91. The number of hydrogen-bond donors (Lipinski definition) is 2. The normalized spacial score (nSPS) is 16.0. The maximum atomic E-state index is 14.3. The minimum Gasteiger partial charge on any atom is -0.271 e. The molecule has 110 valence electrons. The van der Waals surface area contributed by atoms with Gasteiger partial charge in [0, 0.05) is 5.56 Å².